The number of hydrogen-bond acceptors (Lipinski definition) is 2. The Kier molecular flexibility index (Phi) is 3.09. The molecule has 1 atom stereocenters. The maximum atomic E-state index is 10.7. The highest BCUT2D eigenvalue weighted by Crippen LogP contribution is 2.31. The van der Waals surface area contributed by atoms with Crippen LogP contribution in [0.25, 0.3) is 0 Å². The van der Waals surface area contributed by atoms with Crippen LogP contribution in [-0.2, 0) is 9.53 Å². The highest BCUT2D eigenvalue weighted by atomic mass is 16.5. The second-order valence-corrected chi connectivity index (χ2v) is 3.63. The molecule has 0 aromatic carbocycles. The third kappa shape index (κ3) is 2.21. The molecule has 0 bridgehead atoms. The zero-order valence-electron chi connectivity index (χ0n) is 7.62. The summed E-state index contributed by atoms with van der Waals surface area (Å²) in [4.78, 5) is 10.7. The predicted octanol–water partition coefficient (Wildman–Crippen LogP) is 1.66. The van der Waals surface area contributed by atoms with Crippen LogP contribution >= 0.6 is 0 Å². The van der Waals surface area contributed by atoms with Crippen LogP contribution in [0.2, 0.25) is 0 Å². The maximum absolute atomic E-state index is 10.7. The van der Waals surface area contributed by atoms with Crippen molar-refractivity contribution >= 4 is 5.97 Å². The van der Waals surface area contributed by atoms with Gasteiger partial charge in [0.1, 0.15) is 0 Å². The largest absolute Gasteiger partial charge is 0.479 e. The first-order chi connectivity index (χ1) is 5.61. The second kappa shape index (κ2) is 3.90. The van der Waals surface area contributed by atoms with E-state index in [4.69, 9.17) is 9.84 Å². The Morgan fingerprint density at radius 3 is 2.33 bits per heavy atom. The van der Waals surface area contributed by atoms with Crippen LogP contribution in [0.3, 0.4) is 0 Å². The molecule has 0 aromatic rings. The Balaban J connectivity index is 2.42. The molecule has 1 aliphatic carbocycles. The van der Waals surface area contributed by atoms with Gasteiger partial charge in [-0.3, -0.25) is 0 Å². The van der Waals surface area contributed by atoms with E-state index in [1.165, 1.54) is 0 Å². The molecule has 3 nitrogen and oxygen atoms in total. The van der Waals surface area contributed by atoms with Gasteiger partial charge in [-0.15, -0.1) is 0 Å². The van der Waals surface area contributed by atoms with Crippen molar-refractivity contribution in [1.29, 1.82) is 0 Å². The fourth-order valence-electron chi connectivity index (χ4n) is 1.41. The fraction of sp³-hybridized carbons (Fsp3) is 0.889. The summed E-state index contributed by atoms with van der Waals surface area (Å²) >= 11 is 0. The molecular formula is C9H16O3. The summed E-state index contributed by atoms with van der Waals surface area (Å²) in [6.45, 7) is 3.74. The lowest BCUT2D eigenvalue weighted by molar-refractivity contribution is -0.160. The summed E-state index contributed by atoms with van der Waals surface area (Å²) in [6.07, 6.45) is 2.59. The van der Waals surface area contributed by atoms with Crippen LogP contribution in [0, 0.1) is 5.92 Å². The van der Waals surface area contributed by atoms with Crippen LogP contribution in [0.4, 0.5) is 0 Å². The number of carboxylic acid groups (broad SMARTS) is 1. The monoisotopic (exact) mass is 172 g/mol. The standard InChI is InChI=1S/C9H16O3/c1-6(2)12-8(9(10)11)7-4-3-5-7/h6-8H,3-5H2,1-2H3,(H,10,11). The zero-order valence-corrected chi connectivity index (χ0v) is 7.62. The van der Waals surface area contributed by atoms with Crippen LogP contribution in [0.5, 0.6) is 0 Å². The predicted molar refractivity (Wildman–Crippen MR) is 45.0 cm³/mol. The van der Waals surface area contributed by atoms with E-state index in [1.54, 1.807) is 0 Å². The summed E-state index contributed by atoms with van der Waals surface area (Å²) in [5.74, 6) is -0.557. The first-order valence-corrected chi connectivity index (χ1v) is 4.49. The van der Waals surface area contributed by atoms with E-state index in [9.17, 15) is 4.79 Å². The van der Waals surface area contributed by atoms with Gasteiger partial charge in [-0.25, -0.2) is 4.79 Å². The molecule has 12 heavy (non-hydrogen) atoms. The summed E-state index contributed by atoms with van der Waals surface area (Å²) < 4.78 is 5.32. The van der Waals surface area contributed by atoms with Gasteiger partial charge in [0, 0.05) is 0 Å². The van der Waals surface area contributed by atoms with E-state index >= 15 is 0 Å². The van der Waals surface area contributed by atoms with Crippen molar-refractivity contribution in [2.75, 3.05) is 0 Å². The summed E-state index contributed by atoms with van der Waals surface area (Å²) in [7, 11) is 0. The molecule has 1 aliphatic rings. The number of aliphatic carboxylic acids is 1. The molecule has 1 fully saturated rings. The van der Waals surface area contributed by atoms with Crippen molar-refractivity contribution in [3.63, 3.8) is 0 Å². The zero-order chi connectivity index (χ0) is 9.14. The Labute approximate surface area is 72.7 Å². The average Bonchev–Trinajstić information content (AvgIpc) is 1.80. The Hall–Kier alpha value is -0.570. The summed E-state index contributed by atoms with van der Waals surface area (Å²) in [5.41, 5.74) is 0. The lowest BCUT2D eigenvalue weighted by Gasteiger charge is -2.31. The molecule has 0 amide bonds. The van der Waals surface area contributed by atoms with Gasteiger partial charge in [0.25, 0.3) is 0 Å². The first-order valence-electron chi connectivity index (χ1n) is 4.49. The van der Waals surface area contributed by atoms with E-state index in [0.29, 0.717) is 0 Å². The van der Waals surface area contributed by atoms with E-state index in [-0.39, 0.29) is 12.0 Å². The molecule has 1 unspecified atom stereocenters. The highest BCUT2D eigenvalue weighted by molar-refractivity contribution is 5.72. The lowest BCUT2D eigenvalue weighted by atomic mass is 9.81. The van der Waals surface area contributed by atoms with Gasteiger partial charge in [0.2, 0.25) is 0 Å². The Morgan fingerprint density at radius 1 is 1.50 bits per heavy atom. The minimum absolute atomic E-state index is 0.00620. The van der Waals surface area contributed by atoms with Crippen molar-refractivity contribution in [2.45, 2.75) is 45.3 Å². The Morgan fingerprint density at radius 2 is 2.08 bits per heavy atom. The minimum atomic E-state index is -0.812. The Bertz CT molecular complexity index is 161. The first kappa shape index (κ1) is 9.52. The van der Waals surface area contributed by atoms with Crippen molar-refractivity contribution in [1.82, 2.24) is 0 Å². The normalized spacial score (nSPS) is 20.6. The van der Waals surface area contributed by atoms with Crippen molar-refractivity contribution in [3.05, 3.63) is 0 Å². The molecule has 0 heterocycles. The SMILES string of the molecule is CC(C)OC(C(=O)O)C1CCC1. The summed E-state index contributed by atoms with van der Waals surface area (Å²) in [5, 5.41) is 8.83. The van der Waals surface area contributed by atoms with Crippen LogP contribution < -0.4 is 0 Å². The van der Waals surface area contributed by atoms with Crippen LogP contribution in [-0.4, -0.2) is 23.3 Å². The van der Waals surface area contributed by atoms with E-state index in [0.717, 1.165) is 19.3 Å². The molecule has 0 saturated heterocycles. The number of ether oxygens (including phenoxy) is 1. The van der Waals surface area contributed by atoms with Gasteiger partial charge in [-0.05, 0) is 32.6 Å². The van der Waals surface area contributed by atoms with Crippen molar-refractivity contribution in [3.8, 4) is 0 Å². The number of carboxylic acids is 1. The van der Waals surface area contributed by atoms with Gasteiger partial charge in [-0.1, -0.05) is 6.42 Å². The van der Waals surface area contributed by atoms with Crippen molar-refractivity contribution < 1.29 is 14.6 Å². The fourth-order valence-corrected chi connectivity index (χ4v) is 1.41. The summed E-state index contributed by atoms with van der Waals surface area (Å²) in [6, 6.07) is 0. The molecule has 0 aromatic heterocycles. The van der Waals surface area contributed by atoms with Gasteiger partial charge >= 0.3 is 5.97 Å². The lowest BCUT2D eigenvalue weighted by Crippen LogP contribution is -2.37. The molecule has 1 rings (SSSR count). The van der Waals surface area contributed by atoms with Gasteiger partial charge < -0.3 is 9.84 Å². The topological polar surface area (TPSA) is 46.5 Å². The average molecular weight is 172 g/mol. The molecule has 1 N–H and O–H groups in total. The molecule has 3 heteroatoms. The van der Waals surface area contributed by atoms with E-state index in [1.807, 2.05) is 13.8 Å². The van der Waals surface area contributed by atoms with Gasteiger partial charge in [0.15, 0.2) is 6.10 Å². The third-order valence-electron chi connectivity index (χ3n) is 2.24. The number of rotatable bonds is 4. The van der Waals surface area contributed by atoms with E-state index < -0.39 is 12.1 Å². The van der Waals surface area contributed by atoms with Gasteiger partial charge in [-0.2, -0.15) is 0 Å². The number of carbonyl (C=O) groups is 1. The molecule has 70 valence electrons. The van der Waals surface area contributed by atoms with Crippen LogP contribution in [0.1, 0.15) is 33.1 Å². The van der Waals surface area contributed by atoms with E-state index in [2.05, 4.69) is 0 Å². The maximum Gasteiger partial charge on any atom is 0.333 e. The second-order valence-electron chi connectivity index (χ2n) is 3.63. The molecule has 0 aliphatic heterocycles. The van der Waals surface area contributed by atoms with Crippen LogP contribution in [0.15, 0.2) is 0 Å². The molecule has 0 radical (unpaired) electrons. The minimum Gasteiger partial charge on any atom is -0.479 e. The van der Waals surface area contributed by atoms with Gasteiger partial charge in [0.05, 0.1) is 6.10 Å². The molecular weight excluding hydrogens is 156 g/mol. The van der Waals surface area contributed by atoms with Crippen molar-refractivity contribution in [2.24, 2.45) is 5.92 Å². The highest BCUT2D eigenvalue weighted by Gasteiger charge is 2.33. The number of hydrogen-bond donors (Lipinski definition) is 1. The quantitative estimate of drug-likeness (QED) is 0.701. The smallest absolute Gasteiger partial charge is 0.333 e. The molecule has 1 saturated carbocycles. The third-order valence-corrected chi connectivity index (χ3v) is 2.24. The molecule has 0 spiro atoms.